The van der Waals surface area contributed by atoms with Gasteiger partial charge in [0.15, 0.2) is 0 Å². The normalized spacial score (nSPS) is 10.4. The predicted molar refractivity (Wildman–Crippen MR) is 82.9 cm³/mol. The van der Waals surface area contributed by atoms with Crippen molar-refractivity contribution in [3.63, 3.8) is 0 Å². The van der Waals surface area contributed by atoms with Crippen LogP contribution in [0.2, 0.25) is 0 Å². The third-order valence-corrected chi connectivity index (χ3v) is 3.47. The van der Waals surface area contributed by atoms with Gasteiger partial charge in [-0.25, -0.2) is 4.79 Å². The van der Waals surface area contributed by atoms with Crippen molar-refractivity contribution in [1.29, 1.82) is 0 Å². The molecule has 0 spiro atoms. The second-order valence-corrected chi connectivity index (χ2v) is 5.59. The van der Waals surface area contributed by atoms with Crippen LogP contribution in [0.4, 0.5) is 0 Å². The first-order valence-corrected chi connectivity index (χ1v) is 8.33. The zero-order valence-electron chi connectivity index (χ0n) is 13.6. The first-order valence-electron chi connectivity index (χ1n) is 8.33. The van der Waals surface area contributed by atoms with Crippen LogP contribution in [0.15, 0.2) is 0 Å². The molecular weight excluding hydrogens is 268 g/mol. The average molecular weight is 298 g/mol. The van der Waals surface area contributed by atoms with Gasteiger partial charge in [-0.05, 0) is 6.42 Å². The third kappa shape index (κ3) is 13.5. The minimum atomic E-state index is -1.02. The van der Waals surface area contributed by atoms with E-state index in [1.165, 1.54) is 51.4 Å². The van der Waals surface area contributed by atoms with Crippen molar-refractivity contribution in [3.05, 3.63) is 0 Å². The molecule has 0 fully saturated rings. The van der Waals surface area contributed by atoms with Crippen LogP contribution in [0.25, 0.3) is 0 Å². The van der Waals surface area contributed by atoms with Gasteiger partial charge in [0.25, 0.3) is 0 Å². The molecule has 0 radical (unpaired) electrons. The van der Waals surface area contributed by atoms with E-state index in [1.54, 1.807) is 0 Å². The van der Waals surface area contributed by atoms with Gasteiger partial charge in [0.1, 0.15) is 0 Å². The van der Waals surface area contributed by atoms with Crippen LogP contribution >= 0.6 is 0 Å². The molecule has 21 heavy (non-hydrogen) atoms. The maximum atomic E-state index is 11.3. The third-order valence-electron chi connectivity index (χ3n) is 3.47. The van der Waals surface area contributed by atoms with E-state index in [4.69, 9.17) is 0 Å². The van der Waals surface area contributed by atoms with Crippen LogP contribution in [0.3, 0.4) is 0 Å². The molecule has 4 nitrogen and oxygen atoms in total. The fourth-order valence-corrected chi connectivity index (χ4v) is 2.24. The van der Waals surface area contributed by atoms with E-state index < -0.39 is 17.7 Å². The fourth-order valence-electron chi connectivity index (χ4n) is 2.24. The number of ketones is 1. The van der Waals surface area contributed by atoms with E-state index in [1.807, 2.05) is 0 Å². The Labute approximate surface area is 128 Å². The molecule has 0 amide bonds. The maximum absolute atomic E-state index is 11.3. The number of Topliss-reactive ketones (excluding diaryl/α,β-unsaturated/α-hetero) is 1. The van der Waals surface area contributed by atoms with Crippen molar-refractivity contribution >= 4 is 17.7 Å². The molecule has 0 aromatic rings. The van der Waals surface area contributed by atoms with Gasteiger partial charge >= 0.3 is 11.9 Å². The minimum absolute atomic E-state index is 0.184. The number of carbonyl (C=O) groups is 3. The van der Waals surface area contributed by atoms with Gasteiger partial charge in [0.2, 0.25) is 5.78 Å². The lowest BCUT2D eigenvalue weighted by Crippen LogP contribution is -2.19. The first kappa shape index (κ1) is 19.8. The van der Waals surface area contributed by atoms with Crippen molar-refractivity contribution in [2.24, 2.45) is 0 Å². The smallest absolute Gasteiger partial charge is 0.382 e. The molecule has 0 saturated carbocycles. The molecule has 0 saturated heterocycles. The Bertz CT molecular complexity index is 310. The van der Waals surface area contributed by atoms with Gasteiger partial charge in [-0.1, -0.05) is 71.1 Å². The molecule has 0 rings (SSSR count). The van der Waals surface area contributed by atoms with Gasteiger partial charge in [0.05, 0.1) is 0 Å². The lowest BCUT2D eigenvalue weighted by atomic mass is 10.0. The zero-order chi connectivity index (χ0) is 15.9. The average Bonchev–Trinajstić information content (AvgIpc) is 2.43. The van der Waals surface area contributed by atoms with Gasteiger partial charge in [0, 0.05) is 13.3 Å². The molecule has 0 unspecified atom stereocenters. The number of hydrogen-bond acceptors (Lipinski definition) is 4. The second-order valence-electron chi connectivity index (χ2n) is 5.59. The maximum Gasteiger partial charge on any atom is 0.382 e. The summed E-state index contributed by atoms with van der Waals surface area (Å²) in [6.07, 6.45) is 13.4. The number of hydrogen-bond donors (Lipinski definition) is 0. The van der Waals surface area contributed by atoms with Gasteiger partial charge in [-0.15, -0.1) is 0 Å². The molecular formula is C17H30O4. The Morgan fingerprint density at radius 3 is 1.57 bits per heavy atom. The highest BCUT2D eigenvalue weighted by molar-refractivity contribution is 6.35. The number of carbonyl (C=O) groups excluding carboxylic acids is 3. The summed E-state index contributed by atoms with van der Waals surface area (Å²) in [5.41, 5.74) is 0. The molecule has 122 valence electrons. The number of rotatable bonds is 13. The molecule has 0 aromatic carbocycles. The van der Waals surface area contributed by atoms with Crippen LogP contribution in [-0.2, 0) is 19.1 Å². The van der Waals surface area contributed by atoms with Gasteiger partial charge < -0.3 is 4.74 Å². The zero-order valence-corrected chi connectivity index (χ0v) is 13.6. The van der Waals surface area contributed by atoms with Crippen LogP contribution in [-0.4, -0.2) is 17.7 Å². The highest BCUT2D eigenvalue weighted by Gasteiger charge is 2.16. The standard InChI is InChI=1S/C17H30O4/c1-3-4-5-6-7-8-9-10-11-12-13-14-16(19)17(20)21-15(2)18/h3-14H2,1-2H3. The highest BCUT2D eigenvalue weighted by Crippen LogP contribution is 2.12. The summed E-state index contributed by atoms with van der Waals surface area (Å²) >= 11 is 0. The first-order chi connectivity index (χ1) is 10.1. The van der Waals surface area contributed by atoms with Crippen molar-refractivity contribution < 1.29 is 19.1 Å². The quantitative estimate of drug-likeness (QED) is 0.219. The Kier molecular flexibility index (Phi) is 13.0. The number of esters is 2. The SMILES string of the molecule is CCCCCCCCCCCCCC(=O)C(=O)OC(C)=O. The monoisotopic (exact) mass is 298 g/mol. The molecule has 0 atom stereocenters. The summed E-state index contributed by atoms with van der Waals surface area (Å²) in [6, 6.07) is 0. The van der Waals surface area contributed by atoms with Gasteiger partial charge in [-0.3, -0.25) is 9.59 Å². The summed E-state index contributed by atoms with van der Waals surface area (Å²) in [5.74, 6) is -2.34. The van der Waals surface area contributed by atoms with E-state index in [2.05, 4.69) is 11.7 Å². The highest BCUT2D eigenvalue weighted by atomic mass is 16.6. The summed E-state index contributed by atoms with van der Waals surface area (Å²) in [5, 5.41) is 0. The Hall–Kier alpha value is -1.19. The number of unbranched alkanes of at least 4 members (excludes halogenated alkanes) is 10. The van der Waals surface area contributed by atoms with Gasteiger partial charge in [-0.2, -0.15) is 0 Å². The molecule has 0 aliphatic heterocycles. The topological polar surface area (TPSA) is 60.4 Å². The second kappa shape index (κ2) is 13.8. The number of ether oxygens (including phenoxy) is 1. The van der Waals surface area contributed by atoms with E-state index in [-0.39, 0.29) is 6.42 Å². The molecule has 4 heteroatoms. The fraction of sp³-hybridized carbons (Fsp3) is 0.824. The summed E-state index contributed by atoms with van der Waals surface area (Å²) < 4.78 is 4.24. The van der Waals surface area contributed by atoms with E-state index in [0.29, 0.717) is 6.42 Å². The van der Waals surface area contributed by atoms with Crippen LogP contribution in [0.5, 0.6) is 0 Å². The molecule has 0 N–H and O–H groups in total. The van der Waals surface area contributed by atoms with Crippen molar-refractivity contribution in [1.82, 2.24) is 0 Å². The minimum Gasteiger partial charge on any atom is -0.387 e. The molecule has 0 aliphatic carbocycles. The summed E-state index contributed by atoms with van der Waals surface area (Å²) in [6.45, 7) is 3.35. The molecule has 0 heterocycles. The van der Waals surface area contributed by atoms with Crippen LogP contribution in [0.1, 0.15) is 90.9 Å². The predicted octanol–water partition coefficient (Wildman–Crippen LogP) is 4.35. The lowest BCUT2D eigenvalue weighted by Gasteiger charge is -2.02. The molecule has 0 aliphatic rings. The molecule has 0 bridgehead atoms. The summed E-state index contributed by atoms with van der Waals surface area (Å²) in [4.78, 5) is 32.9. The Balaban J connectivity index is 3.30. The van der Waals surface area contributed by atoms with Crippen molar-refractivity contribution in [2.75, 3.05) is 0 Å². The largest absolute Gasteiger partial charge is 0.387 e. The summed E-state index contributed by atoms with van der Waals surface area (Å²) in [7, 11) is 0. The van der Waals surface area contributed by atoms with Crippen molar-refractivity contribution in [3.8, 4) is 0 Å². The lowest BCUT2D eigenvalue weighted by molar-refractivity contribution is -0.163. The van der Waals surface area contributed by atoms with E-state index in [9.17, 15) is 14.4 Å². The Morgan fingerprint density at radius 1 is 0.714 bits per heavy atom. The Morgan fingerprint density at radius 2 is 1.14 bits per heavy atom. The van der Waals surface area contributed by atoms with E-state index >= 15 is 0 Å². The van der Waals surface area contributed by atoms with E-state index in [0.717, 1.165) is 19.8 Å². The van der Waals surface area contributed by atoms with Crippen LogP contribution < -0.4 is 0 Å². The molecule has 0 aromatic heterocycles. The van der Waals surface area contributed by atoms with Crippen molar-refractivity contribution in [2.45, 2.75) is 90.9 Å². The van der Waals surface area contributed by atoms with Crippen LogP contribution in [0, 0.1) is 0 Å².